The van der Waals surface area contributed by atoms with E-state index in [0.29, 0.717) is 68.7 Å². The number of carbonyl (C=O) groups excluding carboxylic acids is 1. The maximum absolute atomic E-state index is 13.7. The number of nitrogens with zero attached hydrogens (tertiary/aromatic N) is 1. The number of nitrogens with one attached hydrogen (secondary N) is 1. The van der Waals surface area contributed by atoms with E-state index >= 15 is 0 Å². The summed E-state index contributed by atoms with van der Waals surface area (Å²) in [5.74, 6) is 4.22. The Morgan fingerprint density at radius 2 is 1.76 bits per heavy atom. The fourth-order valence-corrected chi connectivity index (χ4v) is 10.5. The summed E-state index contributed by atoms with van der Waals surface area (Å²) in [5.41, 5.74) is 5.61. The molecule has 0 amide bonds. The van der Waals surface area contributed by atoms with E-state index in [9.17, 15) is 4.79 Å². The summed E-state index contributed by atoms with van der Waals surface area (Å²) in [4.78, 5) is 18.4. The van der Waals surface area contributed by atoms with Crippen LogP contribution in [0.15, 0.2) is 72.9 Å². The van der Waals surface area contributed by atoms with Crippen LogP contribution in [0, 0.1) is 17.3 Å². The van der Waals surface area contributed by atoms with Crippen LogP contribution in [0.4, 0.5) is 5.69 Å². The Labute approximate surface area is 354 Å². The van der Waals surface area contributed by atoms with Gasteiger partial charge in [-0.15, -0.1) is 0 Å². The van der Waals surface area contributed by atoms with E-state index in [1.807, 2.05) is 60.8 Å². The van der Waals surface area contributed by atoms with Gasteiger partial charge in [-0.25, -0.2) is 4.79 Å². The first-order chi connectivity index (χ1) is 28.5. The second-order valence-electron chi connectivity index (χ2n) is 18.1. The van der Waals surface area contributed by atoms with Crippen molar-refractivity contribution >= 4 is 23.3 Å². The smallest absolute Gasteiger partial charge is 0.331 e. The zero-order chi connectivity index (χ0) is 41.2. The number of hydrogen-bond acceptors (Lipinski definition) is 9. The molecule has 1 saturated carbocycles. The highest BCUT2D eigenvalue weighted by molar-refractivity contribution is 6.30. The zero-order valence-electron chi connectivity index (χ0n) is 35.2. The highest BCUT2D eigenvalue weighted by Crippen LogP contribution is 2.58. The zero-order valence-corrected chi connectivity index (χ0v) is 36.0. The molecule has 0 radical (unpaired) electrons. The number of carbonyl (C=O) groups is 1. The van der Waals surface area contributed by atoms with Gasteiger partial charge in [0.2, 0.25) is 0 Å². The van der Waals surface area contributed by atoms with E-state index in [0.717, 1.165) is 66.4 Å². The van der Waals surface area contributed by atoms with Crippen molar-refractivity contribution in [2.75, 3.05) is 46.0 Å². The first-order valence-electron chi connectivity index (χ1n) is 21.4. The molecule has 4 aliphatic rings. The van der Waals surface area contributed by atoms with Crippen molar-refractivity contribution < 1.29 is 33.2 Å². The van der Waals surface area contributed by atoms with Crippen LogP contribution in [-0.4, -0.2) is 57.1 Å². The number of esters is 1. The number of benzene rings is 3. The maximum atomic E-state index is 13.7. The number of pyridine rings is 1. The fraction of sp³-hybridized carbons (Fsp3) is 0.510. The van der Waals surface area contributed by atoms with Gasteiger partial charge in [-0.1, -0.05) is 50.6 Å². The Hall–Kier alpha value is -4.47. The summed E-state index contributed by atoms with van der Waals surface area (Å²) in [5, 5.41) is 4.21. The molecule has 0 saturated heterocycles. The third-order valence-electron chi connectivity index (χ3n) is 13.6. The molecule has 1 spiro atoms. The van der Waals surface area contributed by atoms with E-state index in [2.05, 4.69) is 38.2 Å². The Kier molecular flexibility index (Phi) is 12.1. The van der Waals surface area contributed by atoms with Gasteiger partial charge in [-0.3, -0.25) is 4.98 Å². The molecule has 1 fully saturated rings. The van der Waals surface area contributed by atoms with Crippen LogP contribution in [0.3, 0.4) is 0 Å². The first kappa shape index (κ1) is 41.3. The molecule has 1 aliphatic heterocycles. The molecule has 314 valence electrons. The van der Waals surface area contributed by atoms with Crippen LogP contribution in [0.1, 0.15) is 99.6 Å². The highest BCUT2D eigenvalue weighted by atomic mass is 35.5. The van der Waals surface area contributed by atoms with E-state index < -0.39 is 5.54 Å². The summed E-state index contributed by atoms with van der Waals surface area (Å²) in [7, 11) is 3.15. The molecule has 59 heavy (non-hydrogen) atoms. The Bertz CT molecular complexity index is 2120. The second-order valence-corrected chi connectivity index (χ2v) is 18.5. The largest absolute Gasteiger partial charge is 0.497 e. The standard InChI is InChI=1S/C49H59ClN2O7/c1-32(27-57-42-16-21-51-41-11-6-8-33(2)45(41)42)22-36-23-35-24-43-44(59-31-47(3,30-58-43)29-56-28-34-12-14-39(54-4)15-13-34)26-40(35)48(36)17-19-49(20-18-48,46(53)55-5)52-38-10-7-9-37(50)25-38/h7,9-10,12-16,21,24-26,32-33,36,52H,6,8,11,17-20,22-23,27-31H2,1-5H3/t32-,33-,36+,47?,48?,49?/m1/s1. The summed E-state index contributed by atoms with van der Waals surface area (Å²) in [6.45, 7) is 9.35. The highest BCUT2D eigenvalue weighted by Gasteiger charge is 2.55. The average molecular weight is 823 g/mol. The molecule has 2 heterocycles. The van der Waals surface area contributed by atoms with Gasteiger partial charge in [0, 0.05) is 28.2 Å². The van der Waals surface area contributed by atoms with Gasteiger partial charge in [0.15, 0.2) is 11.5 Å². The number of fused-ring (bicyclic) bond motifs is 4. The molecule has 1 N–H and O–H groups in total. The minimum atomic E-state index is -0.872. The molecular weight excluding hydrogens is 764 g/mol. The van der Waals surface area contributed by atoms with Crippen LogP contribution < -0.4 is 24.3 Å². The molecule has 3 aliphatic carbocycles. The van der Waals surface area contributed by atoms with Crippen molar-refractivity contribution in [2.24, 2.45) is 17.3 Å². The molecule has 9 nitrogen and oxygen atoms in total. The SMILES string of the molecule is COC(=O)C1(Nc2cccc(Cl)c2)CCC2(CC1)c1cc3c(cc1C[C@@H]2C[C@@H](C)COc1ccnc2c1[C@H](C)CCC2)OCC(C)(COCc1ccc(OC)cc1)CO3. The van der Waals surface area contributed by atoms with Gasteiger partial charge in [0.1, 0.15) is 17.0 Å². The van der Waals surface area contributed by atoms with Gasteiger partial charge in [-0.2, -0.15) is 0 Å². The van der Waals surface area contributed by atoms with Gasteiger partial charge in [-0.05, 0) is 146 Å². The molecule has 4 aromatic rings. The van der Waals surface area contributed by atoms with Crippen LogP contribution in [0.5, 0.6) is 23.0 Å². The molecule has 10 heteroatoms. The minimum absolute atomic E-state index is 0.170. The molecule has 3 aromatic carbocycles. The second kappa shape index (κ2) is 17.3. The molecule has 8 rings (SSSR count). The maximum Gasteiger partial charge on any atom is 0.331 e. The summed E-state index contributed by atoms with van der Waals surface area (Å²) in [6.07, 6.45) is 10.0. The normalized spacial score (nSPS) is 26.3. The van der Waals surface area contributed by atoms with E-state index in [1.54, 1.807) is 7.11 Å². The molecule has 1 aromatic heterocycles. The third-order valence-corrected chi connectivity index (χ3v) is 13.8. The van der Waals surface area contributed by atoms with E-state index in [4.69, 9.17) is 45.0 Å². The number of aromatic nitrogens is 1. The lowest BCUT2D eigenvalue weighted by Gasteiger charge is -2.47. The topological polar surface area (TPSA) is 97.4 Å². The average Bonchev–Trinajstić information content (AvgIpc) is 3.41. The number of hydrogen-bond donors (Lipinski definition) is 1. The van der Waals surface area contributed by atoms with Crippen LogP contribution in [0.25, 0.3) is 0 Å². The monoisotopic (exact) mass is 822 g/mol. The summed E-state index contributed by atoms with van der Waals surface area (Å²) < 4.78 is 36.9. The summed E-state index contributed by atoms with van der Waals surface area (Å²) in [6, 6.07) is 22.1. The number of halogens is 1. The van der Waals surface area contributed by atoms with Gasteiger partial charge < -0.3 is 33.7 Å². The van der Waals surface area contributed by atoms with Crippen LogP contribution in [0.2, 0.25) is 5.02 Å². The van der Waals surface area contributed by atoms with Crippen molar-refractivity contribution in [3.63, 3.8) is 0 Å². The lowest BCUT2D eigenvalue weighted by Crippen LogP contribution is -2.53. The van der Waals surface area contributed by atoms with E-state index in [-0.39, 0.29) is 16.8 Å². The first-order valence-corrected chi connectivity index (χ1v) is 21.8. The van der Waals surface area contributed by atoms with Crippen molar-refractivity contribution in [1.82, 2.24) is 4.98 Å². The van der Waals surface area contributed by atoms with Crippen LogP contribution >= 0.6 is 11.6 Å². The summed E-state index contributed by atoms with van der Waals surface area (Å²) >= 11 is 6.39. The predicted octanol–water partition coefficient (Wildman–Crippen LogP) is 10.3. The Balaban J connectivity index is 1.02. The fourth-order valence-electron chi connectivity index (χ4n) is 10.3. The van der Waals surface area contributed by atoms with Gasteiger partial charge in [0.25, 0.3) is 0 Å². The van der Waals surface area contributed by atoms with Crippen molar-refractivity contribution in [2.45, 2.75) is 102 Å². The number of rotatable bonds is 13. The minimum Gasteiger partial charge on any atom is -0.497 e. The molecular formula is C49H59ClN2O7. The Morgan fingerprint density at radius 3 is 2.49 bits per heavy atom. The Morgan fingerprint density at radius 1 is 1.00 bits per heavy atom. The van der Waals surface area contributed by atoms with Crippen molar-refractivity contribution in [1.29, 1.82) is 0 Å². The lowest BCUT2D eigenvalue weighted by atomic mass is 9.59. The third kappa shape index (κ3) is 8.60. The number of methoxy groups -OCH3 is 2. The van der Waals surface area contributed by atoms with Gasteiger partial charge in [0.05, 0.1) is 52.7 Å². The van der Waals surface area contributed by atoms with Crippen LogP contribution in [-0.2, 0) is 39.1 Å². The lowest BCUT2D eigenvalue weighted by molar-refractivity contribution is -0.148. The van der Waals surface area contributed by atoms with Crippen molar-refractivity contribution in [3.8, 4) is 23.0 Å². The number of aryl methyl sites for hydroxylation is 1. The molecule has 1 unspecified atom stereocenters. The number of anilines is 1. The predicted molar refractivity (Wildman–Crippen MR) is 230 cm³/mol. The van der Waals surface area contributed by atoms with Crippen molar-refractivity contribution in [3.05, 3.63) is 106 Å². The molecule has 4 atom stereocenters. The van der Waals surface area contributed by atoms with E-state index in [1.165, 1.54) is 42.3 Å². The quantitative estimate of drug-likeness (QED) is 0.132. The molecule has 0 bridgehead atoms. The van der Waals surface area contributed by atoms with Gasteiger partial charge >= 0.3 is 5.97 Å². The number of ether oxygens (including phenoxy) is 6.